The van der Waals surface area contributed by atoms with Crippen LogP contribution in [0.5, 0.6) is 0 Å². The lowest BCUT2D eigenvalue weighted by Gasteiger charge is -2.08. The van der Waals surface area contributed by atoms with Gasteiger partial charge in [0.25, 0.3) is 10.0 Å². The molecule has 0 fully saturated rings. The van der Waals surface area contributed by atoms with Crippen LogP contribution in [-0.2, 0) is 26.0 Å². The SMILES string of the molecule is CC(=O)NS(=O)(=O)c1ccc(NC(=O)Cc2c(C)nc3c(C)cccn23)cc1. The molecule has 146 valence electrons. The lowest BCUT2D eigenvalue weighted by atomic mass is 10.2. The van der Waals surface area contributed by atoms with E-state index in [-0.39, 0.29) is 17.2 Å². The second-order valence-electron chi connectivity index (χ2n) is 6.44. The van der Waals surface area contributed by atoms with Gasteiger partial charge in [-0.1, -0.05) is 6.07 Å². The van der Waals surface area contributed by atoms with Gasteiger partial charge < -0.3 is 9.72 Å². The Kier molecular flexibility index (Phi) is 5.19. The zero-order valence-corrected chi connectivity index (χ0v) is 16.5. The topological polar surface area (TPSA) is 110 Å². The number of sulfonamides is 1. The number of nitrogens with zero attached hydrogens (tertiary/aromatic N) is 2. The first-order chi connectivity index (χ1) is 13.2. The van der Waals surface area contributed by atoms with Gasteiger partial charge in [0.2, 0.25) is 11.8 Å². The molecule has 1 aromatic carbocycles. The Morgan fingerprint density at radius 3 is 2.43 bits per heavy atom. The predicted octanol–water partition coefficient (Wildman–Crippen LogP) is 1.96. The second-order valence-corrected chi connectivity index (χ2v) is 8.12. The van der Waals surface area contributed by atoms with Gasteiger partial charge in [-0.3, -0.25) is 9.59 Å². The normalized spacial score (nSPS) is 11.4. The third-order valence-corrected chi connectivity index (χ3v) is 5.65. The van der Waals surface area contributed by atoms with Crippen LogP contribution in [0.4, 0.5) is 5.69 Å². The third kappa shape index (κ3) is 4.04. The van der Waals surface area contributed by atoms with Crippen LogP contribution in [0.2, 0.25) is 0 Å². The molecule has 3 rings (SSSR count). The van der Waals surface area contributed by atoms with E-state index in [9.17, 15) is 18.0 Å². The van der Waals surface area contributed by atoms with Crippen molar-refractivity contribution in [2.45, 2.75) is 32.1 Å². The molecule has 0 aliphatic carbocycles. The fourth-order valence-electron chi connectivity index (χ4n) is 2.90. The highest BCUT2D eigenvalue weighted by Crippen LogP contribution is 2.18. The molecule has 0 atom stereocenters. The monoisotopic (exact) mass is 400 g/mol. The average Bonchev–Trinajstić information content (AvgIpc) is 2.92. The highest BCUT2D eigenvalue weighted by atomic mass is 32.2. The summed E-state index contributed by atoms with van der Waals surface area (Å²) in [5, 5.41) is 2.74. The molecule has 8 nitrogen and oxygen atoms in total. The maximum absolute atomic E-state index is 12.5. The Morgan fingerprint density at radius 1 is 1.11 bits per heavy atom. The van der Waals surface area contributed by atoms with Crippen molar-refractivity contribution in [1.82, 2.24) is 14.1 Å². The molecule has 28 heavy (non-hydrogen) atoms. The number of amides is 2. The van der Waals surface area contributed by atoms with Crippen molar-refractivity contribution in [3.8, 4) is 0 Å². The van der Waals surface area contributed by atoms with Crippen LogP contribution in [0.1, 0.15) is 23.9 Å². The summed E-state index contributed by atoms with van der Waals surface area (Å²) < 4.78 is 27.7. The van der Waals surface area contributed by atoms with Crippen molar-refractivity contribution >= 4 is 33.2 Å². The first kappa shape index (κ1) is 19.6. The zero-order chi connectivity index (χ0) is 20.5. The van der Waals surface area contributed by atoms with Gasteiger partial charge in [-0.25, -0.2) is 18.1 Å². The van der Waals surface area contributed by atoms with Gasteiger partial charge in [-0.2, -0.15) is 0 Å². The van der Waals surface area contributed by atoms with Gasteiger partial charge >= 0.3 is 0 Å². The lowest BCUT2D eigenvalue weighted by molar-refractivity contribution is -0.117. The van der Waals surface area contributed by atoms with E-state index in [2.05, 4.69) is 10.3 Å². The van der Waals surface area contributed by atoms with E-state index in [1.807, 2.05) is 41.3 Å². The Morgan fingerprint density at radius 2 is 1.79 bits per heavy atom. The Balaban J connectivity index is 1.75. The van der Waals surface area contributed by atoms with Crippen LogP contribution in [0.15, 0.2) is 47.5 Å². The first-order valence-corrected chi connectivity index (χ1v) is 10.0. The minimum Gasteiger partial charge on any atom is -0.326 e. The number of hydrogen-bond acceptors (Lipinski definition) is 5. The minimum absolute atomic E-state index is 0.0613. The molecule has 0 spiro atoms. The molecule has 0 saturated heterocycles. The number of hydrogen-bond donors (Lipinski definition) is 2. The van der Waals surface area contributed by atoms with E-state index in [1.54, 1.807) is 0 Å². The van der Waals surface area contributed by atoms with Gasteiger partial charge in [0.05, 0.1) is 22.7 Å². The quantitative estimate of drug-likeness (QED) is 0.680. The van der Waals surface area contributed by atoms with E-state index in [0.29, 0.717) is 5.69 Å². The third-order valence-electron chi connectivity index (χ3n) is 4.20. The number of anilines is 1. The molecule has 2 amide bonds. The number of carbonyl (C=O) groups excluding carboxylic acids is 2. The summed E-state index contributed by atoms with van der Waals surface area (Å²) in [5.74, 6) is -0.917. The first-order valence-electron chi connectivity index (χ1n) is 8.54. The number of carbonyl (C=O) groups is 2. The van der Waals surface area contributed by atoms with Crippen molar-refractivity contribution in [3.05, 3.63) is 59.5 Å². The number of imidazole rings is 1. The number of rotatable bonds is 5. The summed E-state index contributed by atoms with van der Waals surface area (Å²) in [5.41, 5.74) is 3.86. The van der Waals surface area contributed by atoms with Crippen LogP contribution in [0.25, 0.3) is 5.65 Å². The fourth-order valence-corrected chi connectivity index (χ4v) is 3.89. The van der Waals surface area contributed by atoms with Gasteiger partial charge in [0.1, 0.15) is 5.65 Å². The lowest BCUT2D eigenvalue weighted by Crippen LogP contribution is -2.28. The molecular formula is C19H20N4O4S. The predicted molar refractivity (Wildman–Crippen MR) is 104 cm³/mol. The number of benzene rings is 1. The van der Waals surface area contributed by atoms with Crippen LogP contribution >= 0.6 is 0 Å². The van der Waals surface area contributed by atoms with Crippen molar-refractivity contribution in [2.24, 2.45) is 0 Å². The van der Waals surface area contributed by atoms with Crippen LogP contribution < -0.4 is 10.0 Å². The highest BCUT2D eigenvalue weighted by molar-refractivity contribution is 7.90. The molecular weight excluding hydrogens is 380 g/mol. The van der Waals surface area contributed by atoms with Gasteiger partial charge in [0.15, 0.2) is 0 Å². The summed E-state index contributed by atoms with van der Waals surface area (Å²) in [6.45, 7) is 4.94. The summed E-state index contributed by atoms with van der Waals surface area (Å²) in [6, 6.07) is 9.45. The largest absolute Gasteiger partial charge is 0.326 e. The smallest absolute Gasteiger partial charge is 0.264 e. The summed E-state index contributed by atoms with van der Waals surface area (Å²) >= 11 is 0. The van der Waals surface area contributed by atoms with Gasteiger partial charge in [0, 0.05) is 18.8 Å². The van der Waals surface area contributed by atoms with Gasteiger partial charge in [-0.05, 0) is 49.7 Å². The number of aromatic nitrogens is 2. The minimum atomic E-state index is -3.90. The molecule has 2 N–H and O–H groups in total. The van der Waals surface area contributed by atoms with Crippen molar-refractivity contribution in [2.75, 3.05) is 5.32 Å². The molecule has 0 bridgehead atoms. The zero-order valence-electron chi connectivity index (χ0n) is 15.7. The van der Waals surface area contributed by atoms with E-state index in [4.69, 9.17) is 0 Å². The molecule has 0 aliphatic heterocycles. The number of nitrogens with one attached hydrogen (secondary N) is 2. The maximum Gasteiger partial charge on any atom is 0.264 e. The van der Waals surface area contributed by atoms with Gasteiger partial charge in [-0.15, -0.1) is 0 Å². The molecule has 3 aromatic rings. The Labute approximate surface area is 162 Å². The highest BCUT2D eigenvalue weighted by Gasteiger charge is 2.16. The van der Waals surface area contributed by atoms with Crippen LogP contribution in [0, 0.1) is 13.8 Å². The number of aryl methyl sites for hydroxylation is 2. The molecule has 9 heteroatoms. The second kappa shape index (κ2) is 7.43. The standard InChI is InChI=1S/C19H20N4O4S/c1-12-5-4-10-23-17(13(2)20-19(12)23)11-18(25)21-15-6-8-16(9-7-15)28(26,27)22-14(3)24/h4-10H,11H2,1-3H3,(H,21,25)(H,22,24). The summed E-state index contributed by atoms with van der Waals surface area (Å²) in [4.78, 5) is 27.9. The fraction of sp³-hybridized carbons (Fsp3) is 0.211. The van der Waals surface area contributed by atoms with E-state index in [1.165, 1.54) is 24.3 Å². The van der Waals surface area contributed by atoms with E-state index in [0.717, 1.165) is 29.5 Å². The van der Waals surface area contributed by atoms with Crippen molar-refractivity contribution < 1.29 is 18.0 Å². The molecule has 0 aliphatic rings. The maximum atomic E-state index is 12.5. The van der Waals surface area contributed by atoms with Crippen molar-refractivity contribution in [1.29, 1.82) is 0 Å². The molecule has 0 saturated carbocycles. The number of fused-ring (bicyclic) bond motifs is 1. The Bertz CT molecular complexity index is 1160. The van der Waals surface area contributed by atoms with Crippen molar-refractivity contribution in [3.63, 3.8) is 0 Å². The molecule has 2 aromatic heterocycles. The Hall–Kier alpha value is -3.20. The van der Waals surface area contributed by atoms with Crippen LogP contribution in [-0.4, -0.2) is 29.6 Å². The number of pyridine rings is 1. The summed E-state index contributed by atoms with van der Waals surface area (Å²) in [6.07, 6.45) is 2.00. The van der Waals surface area contributed by atoms with E-state index < -0.39 is 15.9 Å². The average molecular weight is 400 g/mol. The molecule has 2 heterocycles. The molecule has 0 radical (unpaired) electrons. The summed E-state index contributed by atoms with van der Waals surface area (Å²) in [7, 11) is -3.90. The molecule has 0 unspecified atom stereocenters. The van der Waals surface area contributed by atoms with E-state index >= 15 is 0 Å². The van der Waals surface area contributed by atoms with Crippen LogP contribution in [0.3, 0.4) is 0 Å².